The van der Waals surface area contributed by atoms with Crippen LogP contribution in [-0.4, -0.2) is 97.2 Å². The van der Waals surface area contributed by atoms with Crippen molar-refractivity contribution in [1.29, 1.82) is 0 Å². The van der Waals surface area contributed by atoms with Crippen LogP contribution in [0.25, 0.3) is 0 Å². The van der Waals surface area contributed by atoms with Gasteiger partial charge in [-0.15, -0.1) is 0 Å². The molecule has 7 N–H and O–H groups in total. The highest BCUT2D eigenvalue weighted by Gasteiger charge is 2.38. The zero-order chi connectivity index (χ0) is 32.2. The van der Waals surface area contributed by atoms with E-state index in [0.717, 1.165) is 5.56 Å². The number of hydrogen-bond donors (Lipinski definition) is 6. The summed E-state index contributed by atoms with van der Waals surface area (Å²) < 4.78 is 5.30. The second-order valence-electron chi connectivity index (χ2n) is 10.8. The molecule has 1 aliphatic heterocycles. The number of amides is 3. The van der Waals surface area contributed by atoms with Crippen LogP contribution in [0.3, 0.4) is 0 Å². The van der Waals surface area contributed by atoms with Gasteiger partial charge in [0.2, 0.25) is 17.7 Å². The molecule has 44 heavy (non-hydrogen) atoms. The number of carbonyl (C=O) groups excluding carboxylic acids is 4. The van der Waals surface area contributed by atoms with Crippen molar-refractivity contribution in [3.63, 3.8) is 0 Å². The van der Waals surface area contributed by atoms with E-state index in [1.54, 1.807) is 6.92 Å². The van der Waals surface area contributed by atoms with Crippen molar-refractivity contribution in [1.82, 2.24) is 26.2 Å². The van der Waals surface area contributed by atoms with Crippen LogP contribution in [0, 0.1) is 0 Å². The van der Waals surface area contributed by atoms with Crippen LogP contribution in [-0.2, 0) is 35.1 Å². The highest BCUT2D eigenvalue weighted by molar-refractivity contribution is 5.88. The highest BCUT2D eigenvalue weighted by Crippen LogP contribution is 2.20. The molecular formula is C31H50N6O7. The summed E-state index contributed by atoms with van der Waals surface area (Å²) in [6.07, 6.45) is 4.66. The van der Waals surface area contributed by atoms with Crippen LogP contribution < -0.4 is 27.0 Å². The summed E-state index contributed by atoms with van der Waals surface area (Å²) in [5.74, 6) is -2.15. The van der Waals surface area contributed by atoms with Gasteiger partial charge in [0.1, 0.15) is 12.1 Å². The fourth-order valence-corrected chi connectivity index (χ4v) is 5.15. The standard InChI is InChI=1S/C31H50N6O7/c1-2-44-31(43)25(16-15-23-10-4-3-5-11-23)36-24(29(40)37-21-9-13-26(37)30(41)42)12-6-7-19-34-28(39)17-20-35-27(38)14-8-18-33-22-32/h3-5,10-11,24-26,33,36H,2,6-9,12-22,32H2,1H3,(H,34,39)(H,35,38)(H,41,42)/t24-,25?,26?/m0/s1. The highest BCUT2D eigenvalue weighted by atomic mass is 16.5. The fraction of sp³-hybridized carbons (Fsp3) is 0.645. The number of carbonyl (C=O) groups is 5. The Labute approximate surface area is 260 Å². The Morgan fingerprint density at radius 3 is 2.39 bits per heavy atom. The lowest BCUT2D eigenvalue weighted by Crippen LogP contribution is -2.54. The summed E-state index contributed by atoms with van der Waals surface area (Å²) >= 11 is 0. The molecule has 2 unspecified atom stereocenters. The molecule has 3 atom stereocenters. The van der Waals surface area contributed by atoms with E-state index in [-0.39, 0.29) is 37.3 Å². The van der Waals surface area contributed by atoms with Crippen molar-refractivity contribution in [3.05, 3.63) is 35.9 Å². The molecule has 246 valence electrons. The number of aliphatic carboxylic acids is 1. The summed E-state index contributed by atoms with van der Waals surface area (Å²) in [4.78, 5) is 63.7. The van der Waals surface area contributed by atoms with E-state index in [0.29, 0.717) is 84.1 Å². The Balaban J connectivity index is 1.91. The number of benzene rings is 1. The van der Waals surface area contributed by atoms with E-state index in [1.807, 2.05) is 30.3 Å². The van der Waals surface area contributed by atoms with E-state index < -0.39 is 30.1 Å². The first-order valence-electron chi connectivity index (χ1n) is 15.7. The molecule has 13 nitrogen and oxygen atoms in total. The number of esters is 1. The van der Waals surface area contributed by atoms with Crippen LogP contribution in [0.1, 0.15) is 70.3 Å². The second-order valence-corrected chi connectivity index (χ2v) is 10.8. The van der Waals surface area contributed by atoms with Crippen molar-refractivity contribution in [2.45, 2.75) is 89.3 Å². The minimum absolute atomic E-state index is 0.118. The van der Waals surface area contributed by atoms with Gasteiger partial charge in [-0.1, -0.05) is 30.3 Å². The van der Waals surface area contributed by atoms with Crippen LogP contribution in [0.2, 0.25) is 0 Å². The number of nitrogens with zero attached hydrogens (tertiary/aromatic N) is 1. The molecule has 0 spiro atoms. The van der Waals surface area contributed by atoms with Crippen molar-refractivity contribution < 1.29 is 33.8 Å². The maximum absolute atomic E-state index is 13.6. The zero-order valence-corrected chi connectivity index (χ0v) is 25.9. The fourth-order valence-electron chi connectivity index (χ4n) is 5.15. The Bertz CT molecular complexity index is 1040. The maximum Gasteiger partial charge on any atom is 0.326 e. The average Bonchev–Trinajstić information content (AvgIpc) is 3.51. The average molecular weight is 619 g/mol. The third-order valence-electron chi connectivity index (χ3n) is 7.47. The predicted molar refractivity (Wildman–Crippen MR) is 165 cm³/mol. The first kappa shape index (κ1) is 36.6. The molecule has 13 heteroatoms. The molecular weight excluding hydrogens is 568 g/mol. The first-order chi connectivity index (χ1) is 21.3. The largest absolute Gasteiger partial charge is 0.480 e. The summed E-state index contributed by atoms with van der Waals surface area (Å²) in [7, 11) is 0. The number of nitrogens with two attached hydrogens (primary N) is 1. The van der Waals surface area contributed by atoms with Gasteiger partial charge >= 0.3 is 11.9 Å². The van der Waals surface area contributed by atoms with E-state index in [9.17, 15) is 29.1 Å². The molecule has 0 radical (unpaired) electrons. The number of carboxylic acid groups (broad SMARTS) is 1. The lowest BCUT2D eigenvalue weighted by Gasteiger charge is -2.30. The number of ether oxygens (including phenoxy) is 1. The molecule has 1 fully saturated rings. The van der Waals surface area contributed by atoms with Crippen molar-refractivity contribution in [2.75, 3.05) is 39.5 Å². The molecule has 1 aliphatic rings. The Kier molecular flexibility index (Phi) is 17.7. The van der Waals surface area contributed by atoms with Crippen LogP contribution in [0.5, 0.6) is 0 Å². The molecule has 1 aromatic rings. The molecule has 2 rings (SSSR count). The number of nitrogens with one attached hydrogen (secondary N) is 4. The minimum atomic E-state index is -1.04. The van der Waals surface area contributed by atoms with Crippen LogP contribution in [0.15, 0.2) is 30.3 Å². The third-order valence-corrected chi connectivity index (χ3v) is 7.47. The van der Waals surface area contributed by atoms with Gasteiger partial charge in [-0.3, -0.25) is 24.5 Å². The summed E-state index contributed by atoms with van der Waals surface area (Å²) in [5, 5.41) is 21.4. The van der Waals surface area contributed by atoms with Gasteiger partial charge in [0.05, 0.1) is 12.6 Å². The quantitative estimate of drug-likeness (QED) is 0.0611. The predicted octanol–water partition coefficient (Wildman–Crippen LogP) is 0.664. The SMILES string of the molecule is CCOC(=O)C(CCc1ccccc1)N[C@@H](CCCCNC(=O)CCNC(=O)CCCNCN)C(=O)N1CCCC1C(=O)O. The molecule has 0 saturated carbocycles. The number of carboxylic acids is 1. The Hall–Kier alpha value is -3.55. The van der Waals surface area contributed by atoms with Crippen molar-refractivity contribution in [2.24, 2.45) is 5.73 Å². The van der Waals surface area contributed by atoms with Gasteiger partial charge in [-0.05, 0) is 70.4 Å². The van der Waals surface area contributed by atoms with Gasteiger partial charge in [-0.25, -0.2) is 4.79 Å². The second kappa shape index (κ2) is 21.2. The topological polar surface area (TPSA) is 192 Å². The molecule has 3 amide bonds. The van der Waals surface area contributed by atoms with Gasteiger partial charge in [-0.2, -0.15) is 0 Å². The first-order valence-corrected chi connectivity index (χ1v) is 15.7. The Morgan fingerprint density at radius 2 is 1.68 bits per heavy atom. The molecule has 0 bridgehead atoms. The number of hydrogen-bond acceptors (Lipinski definition) is 9. The minimum Gasteiger partial charge on any atom is -0.480 e. The number of likely N-dealkylation sites (tertiary alicyclic amines) is 1. The molecule has 1 aromatic carbocycles. The van der Waals surface area contributed by atoms with Crippen LogP contribution >= 0.6 is 0 Å². The lowest BCUT2D eigenvalue weighted by atomic mass is 10.0. The molecule has 1 saturated heterocycles. The van der Waals surface area contributed by atoms with E-state index in [4.69, 9.17) is 10.5 Å². The van der Waals surface area contributed by atoms with Gasteiger partial charge in [0.15, 0.2) is 0 Å². The van der Waals surface area contributed by atoms with Crippen molar-refractivity contribution >= 4 is 29.7 Å². The van der Waals surface area contributed by atoms with Gasteiger partial charge in [0, 0.05) is 39.1 Å². The lowest BCUT2D eigenvalue weighted by molar-refractivity contribution is -0.150. The summed E-state index contributed by atoms with van der Waals surface area (Å²) in [5.41, 5.74) is 6.39. The monoisotopic (exact) mass is 618 g/mol. The van der Waals surface area contributed by atoms with Gasteiger partial charge < -0.3 is 36.4 Å². The smallest absolute Gasteiger partial charge is 0.326 e. The molecule has 1 heterocycles. The number of aryl methyl sites for hydroxylation is 1. The summed E-state index contributed by atoms with van der Waals surface area (Å²) in [6, 6.07) is 7.28. The third kappa shape index (κ3) is 13.8. The van der Waals surface area contributed by atoms with Gasteiger partial charge in [0.25, 0.3) is 0 Å². The molecule has 0 aliphatic carbocycles. The van der Waals surface area contributed by atoms with Crippen molar-refractivity contribution in [3.8, 4) is 0 Å². The normalized spacial score (nSPS) is 15.8. The maximum atomic E-state index is 13.6. The zero-order valence-electron chi connectivity index (χ0n) is 25.9. The van der Waals surface area contributed by atoms with E-state index >= 15 is 0 Å². The van der Waals surface area contributed by atoms with E-state index in [2.05, 4.69) is 21.3 Å². The number of unbranched alkanes of at least 4 members (excludes halogenated alkanes) is 1. The molecule has 0 aromatic heterocycles. The van der Waals surface area contributed by atoms with Crippen LogP contribution in [0.4, 0.5) is 0 Å². The number of rotatable bonds is 22. The van der Waals surface area contributed by atoms with E-state index in [1.165, 1.54) is 4.90 Å². The summed E-state index contributed by atoms with van der Waals surface area (Å²) in [6.45, 7) is 3.91. The Morgan fingerprint density at radius 1 is 0.955 bits per heavy atom.